The number of nitrogens with zero attached hydrogens (tertiary/aromatic N) is 3. The van der Waals surface area contributed by atoms with Crippen molar-refractivity contribution in [3.05, 3.63) is 202 Å². The van der Waals surface area contributed by atoms with Crippen molar-refractivity contribution in [1.29, 1.82) is 0 Å². The molecule has 0 bridgehead atoms. The number of benzene rings is 8. The summed E-state index contributed by atoms with van der Waals surface area (Å²) in [5.41, 5.74) is 30.6. The van der Waals surface area contributed by atoms with Gasteiger partial charge in [0.15, 0.2) is 0 Å². The average molecular weight is 994 g/mol. The van der Waals surface area contributed by atoms with Crippen LogP contribution >= 0.6 is 0 Å². The van der Waals surface area contributed by atoms with Gasteiger partial charge in [0.1, 0.15) is 0 Å². The van der Waals surface area contributed by atoms with Crippen molar-refractivity contribution in [3.8, 4) is 28.1 Å². The minimum atomic E-state index is -0.190. The molecule has 0 spiro atoms. The maximum atomic E-state index is 2.70. The van der Waals surface area contributed by atoms with Gasteiger partial charge < -0.3 is 14.4 Å². The van der Waals surface area contributed by atoms with Gasteiger partial charge in [-0.1, -0.05) is 194 Å². The van der Waals surface area contributed by atoms with Crippen LogP contribution in [-0.2, 0) is 27.1 Å². The van der Waals surface area contributed by atoms with Crippen molar-refractivity contribution in [1.82, 2.24) is 4.57 Å². The van der Waals surface area contributed by atoms with E-state index in [0.717, 1.165) is 5.69 Å². The Hall–Kier alpha value is -7.04. The number of fused-ring (bicyclic) bond motifs is 9. The molecule has 1 aliphatic carbocycles. The Bertz CT molecular complexity index is 3810. The van der Waals surface area contributed by atoms with Crippen LogP contribution in [0.1, 0.15) is 147 Å². The van der Waals surface area contributed by atoms with Crippen molar-refractivity contribution < 1.29 is 0 Å². The van der Waals surface area contributed by atoms with Gasteiger partial charge in [-0.25, -0.2) is 0 Å². The second-order valence-electron chi connectivity index (χ2n) is 27.4. The topological polar surface area (TPSA) is 11.4 Å². The number of aromatic nitrogens is 1. The van der Waals surface area contributed by atoms with E-state index in [9.17, 15) is 0 Å². The number of aryl methyl sites for hydroxylation is 3. The predicted octanol–water partition coefficient (Wildman–Crippen LogP) is 17.8. The lowest BCUT2D eigenvalue weighted by Crippen LogP contribution is -2.60. The maximum absolute atomic E-state index is 2.70. The number of hydrogen-bond acceptors (Lipinski definition) is 2. The van der Waals surface area contributed by atoms with E-state index >= 15 is 0 Å². The molecular weight excluding hydrogens is 918 g/mol. The molecular formula is C72H76BN3. The van der Waals surface area contributed by atoms with Gasteiger partial charge in [-0.15, -0.1) is 0 Å². The van der Waals surface area contributed by atoms with Crippen LogP contribution in [0.25, 0.3) is 39.0 Å². The molecule has 9 aromatic rings. The predicted molar refractivity (Wildman–Crippen MR) is 329 cm³/mol. The van der Waals surface area contributed by atoms with Crippen LogP contribution in [0.15, 0.2) is 152 Å². The first kappa shape index (κ1) is 49.8. The van der Waals surface area contributed by atoms with Gasteiger partial charge in [0.25, 0.3) is 6.71 Å². The molecule has 76 heavy (non-hydrogen) atoms. The van der Waals surface area contributed by atoms with Gasteiger partial charge in [-0.05, 0) is 169 Å². The van der Waals surface area contributed by atoms with E-state index in [4.69, 9.17) is 0 Å². The highest BCUT2D eigenvalue weighted by atomic mass is 15.2. The minimum absolute atomic E-state index is 0.0168. The molecule has 0 saturated heterocycles. The highest BCUT2D eigenvalue weighted by Crippen LogP contribution is 2.56. The number of anilines is 6. The van der Waals surface area contributed by atoms with E-state index in [2.05, 4.69) is 284 Å². The molecule has 0 amide bonds. The van der Waals surface area contributed by atoms with Crippen LogP contribution in [0.3, 0.4) is 0 Å². The maximum Gasteiger partial charge on any atom is 0.252 e. The zero-order valence-corrected chi connectivity index (χ0v) is 48.4. The molecule has 12 rings (SSSR count). The Kier molecular flexibility index (Phi) is 11.0. The summed E-state index contributed by atoms with van der Waals surface area (Å²) < 4.78 is 2.70. The van der Waals surface area contributed by atoms with Gasteiger partial charge in [0, 0.05) is 61.6 Å². The summed E-state index contributed by atoms with van der Waals surface area (Å²) in [6.45, 7) is 39.8. The van der Waals surface area contributed by atoms with Crippen molar-refractivity contribution in [2.45, 2.75) is 145 Å². The summed E-state index contributed by atoms with van der Waals surface area (Å²) >= 11 is 0. The SMILES string of the molecule is Cc1cc2c3c(c1)-n1c4c(c5cc(C(C)(C)C)cc(c51)B3c1ccc(N(c3ccc(C(C)(C)C)cc3C)c3ccc(C(C)(C)C)cc3C)cc1N2c1ccc(C(C)(C)C)cc1-c1ccccc1)C(C)(C)c1ccccc1-4. The van der Waals surface area contributed by atoms with Gasteiger partial charge in [-0.2, -0.15) is 0 Å². The fraction of sp³-hybridized carbons (Fsp3) is 0.306. The molecule has 2 aliphatic heterocycles. The van der Waals surface area contributed by atoms with Crippen LogP contribution in [-0.4, -0.2) is 11.3 Å². The molecule has 8 aromatic carbocycles. The molecule has 0 N–H and O–H groups in total. The summed E-state index contributed by atoms with van der Waals surface area (Å²) in [7, 11) is 0. The fourth-order valence-corrected chi connectivity index (χ4v) is 13.2. The van der Waals surface area contributed by atoms with Crippen LogP contribution in [0.4, 0.5) is 34.1 Å². The smallest absolute Gasteiger partial charge is 0.252 e. The third kappa shape index (κ3) is 7.59. The molecule has 3 aliphatic rings. The Morgan fingerprint density at radius 2 is 1.03 bits per heavy atom. The molecule has 4 heteroatoms. The largest absolute Gasteiger partial charge is 0.311 e. The van der Waals surface area contributed by atoms with Gasteiger partial charge in [-0.3, -0.25) is 0 Å². The second kappa shape index (κ2) is 16.7. The molecule has 0 fully saturated rings. The molecule has 0 radical (unpaired) electrons. The van der Waals surface area contributed by atoms with E-state index in [1.807, 2.05) is 0 Å². The third-order valence-corrected chi connectivity index (χ3v) is 17.4. The van der Waals surface area contributed by atoms with E-state index in [1.165, 1.54) is 134 Å². The first-order chi connectivity index (χ1) is 35.7. The zero-order valence-electron chi connectivity index (χ0n) is 48.4. The second-order valence-corrected chi connectivity index (χ2v) is 27.4. The van der Waals surface area contributed by atoms with Crippen LogP contribution in [0.2, 0.25) is 0 Å². The Labute approximate surface area is 454 Å². The standard InChI is InChI=1S/C72H76BN3/c1-43-35-62-65-63(36-43)76-66-54(64-67(76)52-25-21-22-26-55(52)72(64,16)17)40-50(71(13,14)15)41-57(66)73(65)56-31-30-51(42-61(56)75(62)60-34-29-49(70(10,11)12)39-53(60)46-23-19-18-20-24-46)74(58-32-27-47(37-44(58)2)68(4,5)6)59-33-28-48(38-45(59)3)69(7,8)9/h18-42H,1-17H3. The van der Waals surface area contributed by atoms with Crippen LogP contribution < -0.4 is 26.2 Å². The van der Waals surface area contributed by atoms with Crippen molar-refractivity contribution in [2.75, 3.05) is 9.80 Å². The van der Waals surface area contributed by atoms with Crippen LogP contribution in [0, 0.1) is 20.8 Å². The van der Waals surface area contributed by atoms with Gasteiger partial charge >= 0.3 is 0 Å². The number of rotatable bonds is 5. The highest BCUT2D eigenvalue weighted by Gasteiger charge is 2.48. The Balaban J connectivity index is 1.22. The third-order valence-electron chi connectivity index (χ3n) is 17.4. The molecule has 0 saturated carbocycles. The lowest BCUT2D eigenvalue weighted by molar-refractivity contribution is 0.589. The van der Waals surface area contributed by atoms with Crippen molar-refractivity contribution in [2.24, 2.45) is 0 Å². The monoisotopic (exact) mass is 994 g/mol. The van der Waals surface area contributed by atoms with Gasteiger partial charge in [0.2, 0.25) is 0 Å². The summed E-state index contributed by atoms with van der Waals surface area (Å²) in [6, 6.07) is 59.5. The van der Waals surface area contributed by atoms with E-state index in [-0.39, 0.29) is 33.8 Å². The first-order valence-corrected chi connectivity index (χ1v) is 27.9. The minimum Gasteiger partial charge on any atom is -0.311 e. The average Bonchev–Trinajstić information content (AvgIpc) is 3.83. The molecule has 3 heterocycles. The first-order valence-electron chi connectivity index (χ1n) is 27.9. The van der Waals surface area contributed by atoms with Crippen LogP contribution in [0.5, 0.6) is 0 Å². The molecule has 0 unspecified atom stereocenters. The fourth-order valence-electron chi connectivity index (χ4n) is 13.2. The van der Waals surface area contributed by atoms with E-state index in [0.29, 0.717) is 0 Å². The molecule has 3 nitrogen and oxygen atoms in total. The summed E-state index contributed by atoms with van der Waals surface area (Å²) in [4.78, 5) is 5.21. The van der Waals surface area contributed by atoms with E-state index < -0.39 is 0 Å². The van der Waals surface area contributed by atoms with E-state index in [1.54, 1.807) is 0 Å². The zero-order chi connectivity index (χ0) is 53.9. The summed E-state index contributed by atoms with van der Waals surface area (Å²) in [6.07, 6.45) is 0. The van der Waals surface area contributed by atoms with Crippen molar-refractivity contribution in [3.63, 3.8) is 0 Å². The normalized spacial score (nSPS) is 14.4. The highest BCUT2D eigenvalue weighted by molar-refractivity contribution is 7.00. The molecule has 1 aromatic heterocycles. The number of hydrogen-bond donors (Lipinski definition) is 0. The molecule has 0 atom stereocenters. The lowest BCUT2D eigenvalue weighted by Gasteiger charge is -2.42. The Morgan fingerprint density at radius 1 is 0.461 bits per heavy atom. The van der Waals surface area contributed by atoms with Gasteiger partial charge in [0.05, 0.1) is 11.4 Å². The lowest BCUT2D eigenvalue weighted by atomic mass is 9.33. The quantitative estimate of drug-likeness (QED) is 0.159. The summed E-state index contributed by atoms with van der Waals surface area (Å²) in [5.74, 6) is 0. The Morgan fingerprint density at radius 3 is 1.63 bits per heavy atom. The van der Waals surface area contributed by atoms with Crippen molar-refractivity contribution >= 4 is 68.1 Å². The molecule has 382 valence electrons. The summed E-state index contributed by atoms with van der Waals surface area (Å²) in [5, 5.41) is 1.38.